The van der Waals surface area contributed by atoms with Crippen LogP contribution in [0.5, 0.6) is 5.75 Å². The van der Waals surface area contributed by atoms with Crippen LogP contribution in [0.3, 0.4) is 0 Å². The number of aliphatic hydroxyl groups is 4. The van der Waals surface area contributed by atoms with Crippen LogP contribution in [0.15, 0.2) is 29.0 Å². The van der Waals surface area contributed by atoms with Crippen molar-refractivity contribution >= 4 is 34.8 Å². The highest BCUT2D eigenvalue weighted by atomic mass is 35.5. The Morgan fingerprint density at radius 2 is 1.79 bits per heavy atom. The Labute approximate surface area is 193 Å². The van der Waals surface area contributed by atoms with Gasteiger partial charge in [0.1, 0.15) is 22.8 Å². The second-order valence-electron chi connectivity index (χ2n) is 9.08. The van der Waals surface area contributed by atoms with Crippen LogP contribution >= 0.6 is 11.6 Å². The van der Waals surface area contributed by atoms with E-state index in [4.69, 9.17) is 17.3 Å². The number of aliphatic hydroxyl groups excluding tert-OH is 2. The van der Waals surface area contributed by atoms with Crippen molar-refractivity contribution in [3.8, 4) is 5.75 Å². The standard InChI is InChI=1S/C22H23ClN2O8/c1-21(32)7-6-8-15(25(2)3)17(28)13(20(24)31)19(30)22(8,33)18(29)11(7)16(27)12-10(26)5-4-9(23)14(12)21/h4-5,7-8,15,26-27,30,32-33H,6H2,1-3H3,(H2,24,31)/t7?,8-,15+,21-,22-/m0/s1. The minimum Gasteiger partial charge on any atom is -0.508 e. The van der Waals surface area contributed by atoms with E-state index < -0.39 is 75.0 Å². The summed E-state index contributed by atoms with van der Waals surface area (Å²) < 4.78 is 0. The van der Waals surface area contributed by atoms with Crippen LogP contribution in [0.25, 0.3) is 5.76 Å². The number of likely N-dealkylation sites (N-methyl/N-ethyl adjacent to an activating group) is 1. The van der Waals surface area contributed by atoms with Crippen molar-refractivity contribution in [2.45, 2.75) is 30.6 Å². The minimum atomic E-state index is -2.78. The number of halogens is 1. The average molecular weight is 479 g/mol. The summed E-state index contributed by atoms with van der Waals surface area (Å²) in [7, 11) is 2.97. The zero-order valence-corrected chi connectivity index (χ0v) is 18.7. The monoisotopic (exact) mass is 478 g/mol. The van der Waals surface area contributed by atoms with Gasteiger partial charge in [0.25, 0.3) is 5.91 Å². The first kappa shape index (κ1) is 23.2. The molecule has 1 aromatic carbocycles. The van der Waals surface area contributed by atoms with Crippen LogP contribution in [-0.2, 0) is 20.0 Å². The second-order valence-corrected chi connectivity index (χ2v) is 9.48. The molecule has 10 nitrogen and oxygen atoms in total. The van der Waals surface area contributed by atoms with Crippen LogP contribution in [0.2, 0.25) is 5.02 Å². The third-order valence-corrected chi connectivity index (χ3v) is 7.39. The largest absolute Gasteiger partial charge is 0.508 e. The molecule has 7 N–H and O–H groups in total. The van der Waals surface area contributed by atoms with Gasteiger partial charge in [-0.3, -0.25) is 19.3 Å². The Bertz CT molecular complexity index is 1200. The number of aromatic hydroxyl groups is 1. The fraction of sp³-hybridized carbons (Fsp3) is 0.409. The van der Waals surface area contributed by atoms with Gasteiger partial charge in [0, 0.05) is 28.0 Å². The molecule has 1 amide bonds. The third kappa shape index (κ3) is 2.75. The summed E-state index contributed by atoms with van der Waals surface area (Å²) in [5.74, 6) is -8.30. The van der Waals surface area contributed by atoms with E-state index in [2.05, 4.69) is 0 Å². The molecule has 1 aromatic rings. The van der Waals surface area contributed by atoms with Crippen LogP contribution in [0.1, 0.15) is 24.5 Å². The molecular weight excluding hydrogens is 456 g/mol. The highest BCUT2D eigenvalue weighted by molar-refractivity contribution is 6.32. The highest BCUT2D eigenvalue weighted by Crippen LogP contribution is 2.58. The lowest BCUT2D eigenvalue weighted by Crippen LogP contribution is -2.67. The van der Waals surface area contributed by atoms with E-state index in [1.54, 1.807) is 0 Å². The number of ketones is 2. The lowest BCUT2D eigenvalue weighted by Gasteiger charge is -2.53. The lowest BCUT2D eigenvalue weighted by atomic mass is 9.54. The van der Waals surface area contributed by atoms with Crippen molar-refractivity contribution in [2.24, 2.45) is 17.6 Å². The van der Waals surface area contributed by atoms with Crippen molar-refractivity contribution in [3.63, 3.8) is 0 Å². The third-order valence-electron chi connectivity index (χ3n) is 7.07. The molecule has 0 saturated heterocycles. The van der Waals surface area contributed by atoms with Crippen LogP contribution in [-0.4, -0.2) is 73.6 Å². The highest BCUT2D eigenvalue weighted by Gasteiger charge is 2.66. The number of primary amides is 1. The Morgan fingerprint density at radius 1 is 1.18 bits per heavy atom. The topological polar surface area (TPSA) is 182 Å². The number of phenolic OH excluding ortho intramolecular Hbond substituents is 1. The number of nitrogens with zero attached hydrogens (tertiary/aromatic N) is 1. The molecule has 0 aliphatic heterocycles. The number of carbonyl (C=O) groups excluding carboxylic acids is 3. The lowest BCUT2D eigenvalue weighted by molar-refractivity contribution is -0.159. The minimum absolute atomic E-state index is 0.0187. The summed E-state index contributed by atoms with van der Waals surface area (Å²) in [4.78, 5) is 40.1. The molecule has 0 bridgehead atoms. The predicted octanol–water partition coefficient (Wildman–Crippen LogP) is 0.282. The molecule has 3 aliphatic carbocycles. The molecule has 5 atom stereocenters. The zero-order chi connectivity index (χ0) is 24.8. The first-order valence-electron chi connectivity index (χ1n) is 10.1. The van der Waals surface area contributed by atoms with Crippen LogP contribution < -0.4 is 5.73 Å². The molecule has 4 rings (SSSR count). The van der Waals surface area contributed by atoms with Crippen LogP contribution in [0.4, 0.5) is 0 Å². The molecule has 33 heavy (non-hydrogen) atoms. The fourth-order valence-electron chi connectivity index (χ4n) is 5.58. The number of Topliss-reactive ketones (excluding diaryl/α,β-unsaturated/α-hetero) is 2. The molecule has 3 aliphatic rings. The normalized spacial score (nSPS) is 33.7. The maximum atomic E-state index is 13.7. The van der Waals surface area contributed by atoms with Crippen molar-refractivity contribution < 1.29 is 39.9 Å². The molecule has 0 spiro atoms. The fourth-order valence-corrected chi connectivity index (χ4v) is 5.93. The SMILES string of the molecule is CN(C)[C@H]1C(=O)C(C(N)=O)=C(O)[C@@]2(O)C(=O)C3=C(O)c4c(O)ccc(Cl)c4[C@@](C)(O)C3C[C@@H]12. The molecule has 1 saturated carbocycles. The van der Waals surface area contributed by atoms with Crippen molar-refractivity contribution in [1.29, 1.82) is 0 Å². The molecule has 176 valence electrons. The van der Waals surface area contributed by atoms with Gasteiger partial charge in [-0.15, -0.1) is 0 Å². The maximum Gasteiger partial charge on any atom is 0.255 e. The molecule has 0 radical (unpaired) electrons. The average Bonchev–Trinajstić information content (AvgIpc) is 2.69. The summed E-state index contributed by atoms with van der Waals surface area (Å²) in [5.41, 5.74) is -1.10. The van der Waals surface area contributed by atoms with E-state index in [1.165, 1.54) is 38.1 Å². The number of phenols is 1. The number of nitrogens with two attached hydrogens (primary N) is 1. The van der Waals surface area contributed by atoms with E-state index in [9.17, 15) is 39.9 Å². The van der Waals surface area contributed by atoms with Crippen molar-refractivity contribution in [3.05, 3.63) is 45.2 Å². The summed E-state index contributed by atoms with van der Waals surface area (Å²) >= 11 is 6.28. The first-order valence-corrected chi connectivity index (χ1v) is 10.5. The molecule has 0 heterocycles. The second kappa shape index (κ2) is 7.04. The number of benzene rings is 1. The molecule has 1 fully saturated rings. The van der Waals surface area contributed by atoms with Gasteiger partial charge in [-0.05, 0) is 39.6 Å². The van der Waals surface area contributed by atoms with E-state index in [0.29, 0.717) is 0 Å². The molecule has 0 aromatic heterocycles. The Morgan fingerprint density at radius 3 is 2.33 bits per heavy atom. The van der Waals surface area contributed by atoms with E-state index in [0.717, 1.165) is 0 Å². The van der Waals surface area contributed by atoms with Gasteiger partial charge in [-0.1, -0.05) is 11.6 Å². The van der Waals surface area contributed by atoms with Gasteiger partial charge < -0.3 is 31.3 Å². The van der Waals surface area contributed by atoms with Gasteiger partial charge >= 0.3 is 0 Å². The summed E-state index contributed by atoms with van der Waals surface area (Å²) in [6.07, 6.45) is -0.259. The summed E-state index contributed by atoms with van der Waals surface area (Å²) in [6, 6.07) is 1.24. The smallest absolute Gasteiger partial charge is 0.255 e. The predicted molar refractivity (Wildman–Crippen MR) is 115 cm³/mol. The molecule has 1 unspecified atom stereocenters. The van der Waals surface area contributed by atoms with Gasteiger partial charge in [-0.2, -0.15) is 0 Å². The number of rotatable bonds is 2. The maximum absolute atomic E-state index is 13.7. The van der Waals surface area contributed by atoms with Crippen molar-refractivity contribution in [1.82, 2.24) is 4.90 Å². The Hall–Kier alpha value is -2.92. The van der Waals surface area contributed by atoms with Gasteiger partial charge in [0.2, 0.25) is 5.78 Å². The number of amides is 1. The zero-order valence-electron chi connectivity index (χ0n) is 18.0. The van der Waals surface area contributed by atoms with E-state index in [1.807, 2.05) is 0 Å². The Balaban J connectivity index is 2.07. The number of hydrogen-bond donors (Lipinski definition) is 6. The van der Waals surface area contributed by atoms with E-state index >= 15 is 0 Å². The number of carbonyl (C=O) groups is 3. The molecular formula is C22H23ClN2O8. The number of fused-ring (bicyclic) bond motifs is 3. The van der Waals surface area contributed by atoms with Gasteiger partial charge in [0.05, 0.1) is 17.2 Å². The van der Waals surface area contributed by atoms with E-state index in [-0.39, 0.29) is 22.6 Å². The van der Waals surface area contributed by atoms with Crippen LogP contribution in [0, 0.1) is 11.8 Å². The van der Waals surface area contributed by atoms with Gasteiger partial charge in [0.15, 0.2) is 11.4 Å². The molecule has 11 heteroatoms. The first-order chi connectivity index (χ1) is 15.2. The quantitative estimate of drug-likeness (QED) is 0.325. The van der Waals surface area contributed by atoms with Crippen molar-refractivity contribution in [2.75, 3.05) is 14.1 Å². The summed E-state index contributed by atoms with van der Waals surface area (Å²) in [6.45, 7) is 1.34. The Kier molecular flexibility index (Phi) is 4.96. The van der Waals surface area contributed by atoms with Gasteiger partial charge in [-0.25, -0.2) is 0 Å². The number of hydrogen-bond acceptors (Lipinski definition) is 9. The summed E-state index contributed by atoms with van der Waals surface area (Å²) in [5, 5.41) is 55.2.